The number of carbonyl (C=O) groups is 1. The first-order valence-corrected chi connectivity index (χ1v) is 11.5. The number of rotatable bonds is 8. The Kier molecular flexibility index (Phi) is 9.12. The van der Waals surface area contributed by atoms with Crippen molar-refractivity contribution >= 4 is 29.1 Å². The first-order valence-electron chi connectivity index (χ1n) is 11.5. The number of piperazine rings is 1. The van der Waals surface area contributed by atoms with Gasteiger partial charge >= 0.3 is 0 Å². The van der Waals surface area contributed by atoms with E-state index >= 15 is 0 Å². The molecule has 0 unspecified atom stereocenters. The van der Waals surface area contributed by atoms with E-state index in [1.54, 1.807) is 35.5 Å². The summed E-state index contributed by atoms with van der Waals surface area (Å²) in [4.78, 5) is 17.5. The first kappa shape index (κ1) is 27.2. The van der Waals surface area contributed by atoms with Gasteiger partial charge in [0.2, 0.25) is 5.75 Å². The molecule has 1 amide bonds. The molecule has 1 saturated heterocycles. The van der Waals surface area contributed by atoms with Gasteiger partial charge in [0.1, 0.15) is 0 Å². The zero-order chi connectivity index (χ0) is 24.9. The molecule has 0 bridgehead atoms. The van der Waals surface area contributed by atoms with Crippen LogP contribution in [0.4, 0.5) is 0 Å². The standard InChI is InChI=1S/C27H32N2O6.ClH/c1-31-22-15-19-6-7-20(14-21(19)16-23(22)32-2)27(30)29-10-8-28(9-11-29)17-18-12-24(33-3)26(35-5)25(13-18)34-4;/h6-7,12-16H,8-11,17H2,1-5H3;1H. The number of fused-ring (bicyclic) bond motifs is 1. The largest absolute Gasteiger partial charge is 0.493 e. The van der Waals surface area contributed by atoms with Crippen molar-refractivity contribution in [1.29, 1.82) is 0 Å². The summed E-state index contributed by atoms with van der Waals surface area (Å²) in [6.45, 7) is 3.61. The van der Waals surface area contributed by atoms with Crippen LogP contribution in [0.2, 0.25) is 0 Å². The third-order valence-electron chi connectivity index (χ3n) is 6.38. The fraction of sp³-hybridized carbons (Fsp3) is 0.370. The summed E-state index contributed by atoms with van der Waals surface area (Å²) in [6, 6.07) is 13.5. The van der Waals surface area contributed by atoms with Gasteiger partial charge in [-0.1, -0.05) is 6.07 Å². The van der Waals surface area contributed by atoms with E-state index in [4.69, 9.17) is 23.7 Å². The normalized spacial score (nSPS) is 13.6. The van der Waals surface area contributed by atoms with Gasteiger partial charge in [-0.2, -0.15) is 0 Å². The van der Waals surface area contributed by atoms with Crippen LogP contribution < -0.4 is 23.7 Å². The van der Waals surface area contributed by atoms with Crippen LogP contribution in [0.25, 0.3) is 10.8 Å². The monoisotopic (exact) mass is 516 g/mol. The lowest BCUT2D eigenvalue weighted by molar-refractivity contribution is 0.0628. The number of benzene rings is 3. The summed E-state index contributed by atoms with van der Waals surface area (Å²) in [5.41, 5.74) is 1.74. The quantitative estimate of drug-likeness (QED) is 0.443. The van der Waals surface area contributed by atoms with Gasteiger partial charge in [0.15, 0.2) is 23.0 Å². The maximum absolute atomic E-state index is 13.2. The molecule has 3 aromatic carbocycles. The SMILES string of the molecule is COc1cc2ccc(C(=O)N3CCN(Cc4cc(OC)c(OC)c(OC)c4)CC3)cc2cc1OC.Cl. The van der Waals surface area contributed by atoms with E-state index < -0.39 is 0 Å². The number of halogens is 1. The smallest absolute Gasteiger partial charge is 0.253 e. The highest BCUT2D eigenvalue weighted by atomic mass is 35.5. The molecule has 0 radical (unpaired) electrons. The molecule has 9 heteroatoms. The molecule has 0 aromatic heterocycles. The fourth-order valence-corrected chi connectivity index (χ4v) is 4.48. The number of ether oxygens (including phenoxy) is 5. The van der Waals surface area contributed by atoms with E-state index in [0.29, 0.717) is 47.4 Å². The van der Waals surface area contributed by atoms with Gasteiger partial charge in [-0.25, -0.2) is 0 Å². The Bertz CT molecular complexity index is 1190. The zero-order valence-electron chi connectivity index (χ0n) is 21.3. The molecular formula is C27H33ClN2O6. The van der Waals surface area contributed by atoms with Gasteiger partial charge in [-0.3, -0.25) is 9.69 Å². The van der Waals surface area contributed by atoms with Crippen LogP contribution in [0.1, 0.15) is 15.9 Å². The average molecular weight is 517 g/mol. The molecule has 0 N–H and O–H groups in total. The van der Waals surface area contributed by atoms with Crippen LogP contribution in [-0.2, 0) is 6.54 Å². The predicted molar refractivity (Wildman–Crippen MR) is 142 cm³/mol. The molecule has 1 fully saturated rings. The van der Waals surface area contributed by atoms with Crippen molar-refractivity contribution in [2.75, 3.05) is 61.7 Å². The molecule has 4 rings (SSSR count). The zero-order valence-corrected chi connectivity index (χ0v) is 22.1. The van der Waals surface area contributed by atoms with E-state index in [9.17, 15) is 4.79 Å². The number of nitrogens with zero attached hydrogens (tertiary/aromatic N) is 2. The number of methoxy groups -OCH3 is 5. The Hall–Kier alpha value is -3.36. The van der Waals surface area contributed by atoms with Crippen molar-refractivity contribution < 1.29 is 28.5 Å². The fourth-order valence-electron chi connectivity index (χ4n) is 4.48. The molecule has 0 aliphatic carbocycles. The minimum atomic E-state index is 0. The average Bonchev–Trinajstić information content (AvgIpc) is 2.91. The van der Waals surface area contributed by atoms with Crippen molar-refractivity contribution in [3.63, 3.8) is 0 Å². The lowest BCUT2D eigenvalue weighted by atomic mass is 10.0. The Morgan fingerprint density at radius 1 is 0.694 bits per heavy atom. The Morgan fingerprint density at radius 2 is 1.25 bits per heavy atom. The van der Waals surface area contributed by atoms with E-state index in [2.05, 4.69) is 4.90 Å². The summed E-state index contributed by atoms with van der Waals surface area (Å²) >= 11 is 0. The highest BCUT2D eigenvalue weighted by Crippen LogP contribution is 2.38. The van der Waals surface area contributed by atoms with Crippen molar-refractivity contribution in [2.24, 2.45) is 0 Å². The van der Waals surface area contributed by atoms with Gasteiger partial charge in [-0.15, -0.1) is 12.4 Å². The topological polar surface area (TPSA) is 69.7 Å². The highest BCUT2D eigenvalue weighted by Gasteiger charge is 2.23. The van der Waals surface area contributed by atoms with Crippen LogP contribution >= 0.6 is 12.4 Å². The van der Waals surface area contributed by atoms with Gasteiger partial charge in [0.05, 0.1) is 35.5 Å². The molecule has 3 aromatic rings. The molecule has 8 nitrogen and oxygen atoms in total. The van der Waals surface area contributed by atoms with Crippen LogP contribution in [0.3, 0.4) is 0 Å². The maximum Gasteiger partial charge on any atom is 0.253 e. The van der Waals surface area contributed by atoms with E-state index in [0.717, 1.165) is 36.0 Å². The summed E-state index contributed by atoms with van der Waals surface area (Å²) < 4.78 is 27.2. The Morgan fingerprint density at radius 3 is 1.78 bits per heavy atom. The second-order valence-corrected chi connectivity index (χ2v) is 8.37. The van der Waals surface area contributed by atoms with Gasteiger partial charge in [0.25, 0.3) is 5.91 Å². The van der Waals surface area contributed by atoms with Crippen molar-refractivity contribution in [3.8, 4) is 28.7 Å². The number of hydrogen-bond donors (Lipinski definition) is 0. The molecule has 194 valence electrons. The van der Waals surface area contributed by atoms with E-state index in [1.807, 2.05) is 47.4 Å². The van der Waals surface area contributed by atoms with Gasteiger partial charge < -0.3 is 28.6 Å². The second-order valence-electron chi connectivity index (χ2n) is 8.37. The molecule has 1 heterocycles. The third kappa shape index (κ3) is 5.55. The lowest BCUT2D eigenvalue weighted by Crippen LogP contribution is -2.48. The second kappa shape index (κ2) is 12.1. The molecule has 0 saturated carbocycles. The predicted octanol–water partition coefficient (Wildman–Crippen LogP) is 4.26. The molecule has 0 atom stereocenters. The third-order valence-corrected chi connectivity index (χ3v) is 6.38. The van der Waals surface area contributed by atoms with Crippen molar-refractivity contribution in [2.45, 2.75) is 6.54 Å². The van der Waals surface area contributed by atoms with Crippen LogP contribution in [-0.4, -0.2) is 77.4 Å². The molecule has 0 spiro atoms. The number of carbonyl (C=O) groups excluding carboxylic acids is 1. The van der Waals surface area contributed by atoms with Crippen LogP contribution in [0.15, 0.2) is 42.5 Å². The Balaban J connectivity index is 0.00000361. The number of hydrogen-bond acceptors (Lipinski definition) is 7. The summed E-state index contributed by atoms with van der Waals surface area (Å²) in [5, 5.41) is 1.93. The maximum atomic E-state index is 13.2. The van der Waals surface area contributed by atoms with Gasteiger partial charge in [-0.05, 0) is 52.7 Å². The molecular weight excluding hydrogens is 484 g/mol. The number of amides is 1. The van der Waals surface area contributed by atoms with Gasteiger partial charge in [0, 0.05) is 38.3 Å². The van der Waals surface area contributed by atoms with Crippen LogP contribution in [0.5, 0.6) is 28.7 Å². The molecule has 36 heavy (non-hydrogen) atoms. The van der Waals surface area contributed by atoms with E-state index in [1.165, 1.54) is 0 Å². The minimum Gasteiger partial charge on any atom is -0.493 e. The van der Waals surface area contributed by atoms with Crippen molar-refractivity contribution in [1.82, 2.24) is 9.80 Å². The summed E-state index contributed by atoms with van der Waals surface area (Å²) in [7, 11) is 8.05. The summed E-state index contributed by atoms with van der Waals surface area (Å²) in [6.07, 6.45) is 0. The van der Waals surface area contributed by atoms with E-state index in [-0.39, 0.29) is 18.3 Å². The highest BCUT2D eigenvalue weighted by molar-refractivity contribution is 5.99. The first-order chi connectivity index (χ1) is 17.0. The van der Waals surface area contributed by atoms with Crippen molar-refractivity contribution in [3.05, 3.63) is 53.6 Å². The van der Waals surface area contributed by atoms with Crippen LogP contribution in [0, 0.1) is 0 Å². The Labute approximate surface area is 218 Å². The molecule has 1 aliphatic heterocycles. The lowest BCUT2D eigenvalue weighted by Gasteiger charge is -2.35. The minimum absolute atomic E-state index is 0. The molecule has 1 aliphatic rings. The summed E-state index contributed by atoms with van der Waals surface area (Å²) in [5.74, 6) is 3.21.